The highest BCUT2D eigenvalue weighted by Gasteiger charge is 2.18. The Balaban J connectivity index is 1.96. The second kappa shape index (κ2) is 4.86. The lowest BCUT2D eigenvalue weighted by Crippen LogP contribution is -2.38. The van der Waals surface area contributed by atoms with E-state index in [1.807, 2.05) is 24.3 Å². The monoisotopic (exact) mass is 225 g/mol. The molecule has 0 aliphatic carbocycles. The highest BCUT2D eigenvalue weighted by Crippen LogP contribution is 2.21. The standard InChI is InChI=1S/C12H16ClNO/c1-14-7-3-6-12(9-14)15-11-5-2-4-10(13)8-11/h2,4-5,8,12H,3,6-7,9H2,1H3. The van der Waals surface area contributed by atoms with E-state index in [0.717, 1.165) is 23.7 Å². The molecular formula is C12H16ClNO. The van der Waals surface area contributed by atoms with E-state index < -0.39 is 0 Å². The van der Waals surface area contributed by atoms with Crippen LogP contribution in [0.2, 0.25) is 5.02 Å². The lowest BCUT2D eigenvalue weighted by atomic mass is 10.1. The molecule has 1 atom stereocenters. The summed E-state index contributed by atoms with van der Waals surface area (Å²) in [5.74, 6) is 0.878. The summed E-state index contributed by atoms with van der Waals surface area (Å²) in [6.07, 6.45) is 2.65. The van der Waals surface area contributed by atoms with E-state index >= 15 is 0 Å². The molecule has 1 heterocycles. The van der Waals surface area contributed by atoms with Gasteiger partial charge in [-0.15, -0.1) is 0 Å². The summed E-state index contributed by atoms with van der Waals surface area (Å²) in [6.45, 7) is 2.18. The van der Waals surface area contributed by atoms with Gasteiger partial charge in [-0.1, -0.05) is 17.7 Å². The Bertz CT molecular complexity index is 329. The lowest BCUT2D eigenvalue weighted by molar-refractivity contribution is 0.104. The van der Waals surface area contributed by atoms with Crippen LogP contribution in [0.25, 0.3) is 0 Å². The maximum atomic E-state index is 5.90. The molecule has 0 aromatic heterocycles. The molecule has 0 amide bonds. The molecule has 3 heteroatoms. The number of nitrogens with zero attached hydrogens (tertiary/aromatic N) is 1. The average Bonchev–Trinajstić information content (AvgIpc) is 2.17. The Labute approximate surface area is 95.8 Å². The van der Waals surface area contributed by atoms with Gasteiger partial charge in [-0.25, -0.2) is 0 Å². The van der Waals surface area contributed by atoms with Gasteiger partial charge in [-0.3, -0.25) is 0 Å². The van der Waals surface area contributed by atoms with Crippen LogP contribution in [0, 0.1) is 0 Å². The quantitative estimate of drug-likeness (QED) is 0.768. The molecule has 0 saturated carbocycles. The van der Waals surface area contributed by atoms with Crippen molar-refractivity contribution >= 4 is 11.6 Å². The fraction of sp³-hybridized carbons (Fsp3) is 0.500. The molecule has 2 rings (SSSR count). The first-order valence-electron chi connectivity index (χ1n) is 5.35. The number of halogens is 1. The fourth-order valence-electron chi connectivity index (χ4n) is 1.95. The van der Waals surface area contributed by atoms with E-state index in [0.29, 0.717) is 6.10 Å². The van der Waals surface area contributed by atoms with Crippen LogP contribution in [-0.2, 0) is 0 Å². The van der Waals surface area contributed by atoms with Crippen molar-refractivity contribution in [1.82, 2.24) is 4.90 Å². The predicted octanol–water partition coefficient (Wildman–Crippen LogP) is 2.81. The summed E-state index contributed by atoms with van der Waals surface area (Å²) in [5.41, 5.74) is 0. The number of likely N-dealkylation sites (N-methyl/N-ethyl adjacent to an activating group) is 1. The Morgan fingerprint density at radius 1 is 1.47 bits per heavy atom. The predicted molar refractivity (Wildman–Crippen MR) is 62.6 cm³/mol. The molecule has 15 heavy (non-hydrogen) atoms. The summed E-state index contributed by atoms with van der Waals surface area (Å²) >= 11 is 5.90. The second-order valence-electron chi connectivity index (χ2n) is 4.10. The zero-order valence-corrected chi connectivity index (χ0v) is 9.70. The van der Waals surface area contributed by atoms with Crippen LogP contribution in [0.15, 0.2) is 24.3 Å². The molecule has 1 fully saturated rings. The minimum atomic E-state index is 0.308. The van der Waals surface area contributed by atoms with Crippen LogP contribution in [0.3, 0.4) is 0 Å². The van der Waals surface area contributed by atoms with Crippen molar-refractivity contribution in [2.45, 2.75) is 18.9 Å². The second-order valence-corrected chi connectivity index (χ2v) is 4.54. The van der Waals surface area contributed by atoms with Crippen LogP contribution in [0.5, 0.6) is 5.75 Å². The Morgan fingerprint density at radius 3 is 3.07 bits per heavy atom. The summed E-state index contributed by atoms with van der Waals surface area (Å²) in [4.78, 5) is 2.30. The van der Waals surface area contributed by atoms with E-state index in [-0.39, 0.29) is 0 Å². The van der Waals surface area contributed by atoms with Gasteiger partial charge >= 0.3 is 0 Å². The van der Waals surface area contributed by atoms with Crippen molar-refractivity contribution in [1.29, 1.82) is 0 Å². The topological polar surface area (TPSA) is 12.5 Å². The number of piperidine rings is 1. The molecule has 0 N–H and O–H groups in total. The summed E-state index contributed by atoms with van der Waals surface area (Å²) in [6, 6.07) is 7.61. The fourth-order valence-corrected chi connectivity index (χ4v) is 2.13. The maximum Gasteiger partial charge on any atom is 0.121 e. The number of hydrogen-bond donors (Lipinski definition) is 0. The van der Waals surface area contributed by atoms with Gasteiger partial charge in [0.05, 0.1) is 0 Å². The number of ether oxygens (including phenoxy) is 1. The van der Waals surface area contributed by atoms with Crippen molar-refractivity contribution in [3.63, 3.8) is 0 Å². The number of rotatable bonds is 2. The van der Waals surface area contributed by atoms with Gasteiger partial charge in [0.15, 0.2) is 0 Å². The van der Waals surface area contributed by atoms with Gasteiger partial charge in [0.1, 0.15) is 11.9 Å². The summed E-state index contributed by atoms with van der Waals surface area (Å²) in [7, 11) is 2.13. The first kappa shape index (κ1) is 10.8. The third kappa shape index (κ3) is 3.11. The van der Waals surface area contributed by atoms with Crippen molar-refractivity contribution in [3.05, 3.63) is 29.3 Å². The molecule has 1 saturated heterocycles. The minimum Gasteiger partial charge on any atom is -0.489 e. The first-order chi connectivity index (χ1) is 7.24. The van der Waals surface area contributed by atoms with Crippen LogP contribution < -0.4 is 4.74 Å². The van der Waals surface area contributed by atoms with Gasteiger partial charge in [0, 0.05) is 11.6 Å². The maximum absolute atomic E-state index is 5.90. The molecule has 1 aliphatic rings. The Hall–Kier alpha value is -0.730. The van der Waals surface area contributed by atoms with Gasteiger partial charge in [0.2, 0.25) is 0 Å². The van der Waals surface area contributed by atoms with Gasteiger partial charge in [-0.05, 0) is 44.6 Å². The first-order valence-corrected chi connectivity index (χ1v) is 5.72. The van der Waals surface area contributed by atoms with E-state index in [1.54, 1.807) is 0 Å². The number of hydrogen-bond acceptors (Lipinski definition) is 2. The lowest BCUT2D eigenvalue weighted by Gasteiger charge is -2.30. The number of benzene rings is 1. The molecular weight excluding hydrogens is 210 g/mol. The van der Waals surface area contributed by atoms with Gasteiger partial charge in [-0.2, -0.15) is 0 Å². The largest absolute Gasteiger partial charge is 0.489 e. The molecule has 1 aromatic carbocycles. The molecule has 2 nitrogen and oxygen atoms in total. The van der Waals surface area contributed by atoms with E-state index in [1.165, 1.54) is 13.0 Å². The van der Waals surface area contributed by atoms with Gasteiger partial charge < -0.3 is 9.64 Å². The smallest absolute Gasteiger partial charge is 0.121 e. The molecule has 0 bridgehead atoms. The zero-order valence-electron chi connectivity index (χ0n) is 8.95. The van der Waals surface area contributed by atoms with Crippen molar-refractivity contribution in [2.75, 3.05) is 20.1 Å². The highest BCUT2D eigenvalue weighted by atomic mass is 35.5. The third-order valence-corrected chi connectivity index (χ3v) is 2.92. The number of likely N-dealkylation sites (tertiary alicyclic amines) is 1. The molecule has 1 aliphatic heterocycles. The average molecular weight is 226 g/mol. The van der Waals surface area contributed by atoms with Crippen molar-refractivity contribution in [3.8, 4) is 5.75 Å². The summed E-state index contributed by atoms with van der Waals surface area (Å²) in [5, 5.41) is 0.733. The normalized spacial score (nSPS) is 22.7. The van der Waals surface area contributed by atoms with Crippen LogP contribution in [0.1, 0.15) is 12.8 Å². The molecule has 1 aromatic rings. The van der Waals surface area contributed by atoms with Crippen LogP contribution >= 0.6 is 11.6 Å². The van der Waals surface area contributed by atoms with E-state index in [9.17, 15) is 0 Å². The third-order valence-electron chi connectivity index (χ3n) is 2.68. The van der Waals surface area contributed by atoms with Crippen LogP contribution in [0.4, 0.5) is 0 Å². The van der Waals surface area contributed by atoms with E-state index in [4.69, 9.17) is 16.3 Å². The van der Waals surface area contributed by atoms with Gasteiger partial charge in [0.25, 0.3) is 0 Å². The van der Waals surface area contributed by atoms with Crippen molar-refractivity contribution in [2.24, 2.45) is 0 Å². The molecule has 1 unspecified atom stereocenters. The zero-order chi connectivity index (χ0) is 10.7. The van der Waals surface area contributed by atoms with E-state index in [2.05, 4.69) is 11.9 Å². The summed E-state index contributed by atoms with van der Waals surface area (Å²) < 4.78 is 5.88. The minimum absolute atomic E-state index is 0.308. The Kier molecular flexibility index (Phi) is 3.49. The van der Waals surface area contributed by atoms with Crippen LogP contribution in [-0.4, -0.2) is 31.1 Å². The Morgan fingerprint density at radius 2 is 2.33 bits per heavy atom. The highest BCUT2D eigenvalue weighted by molar-refractivity contribution is 6.30. The molecule has 0 spiro atoms. The SMILES string of the molecule is CN1CCCC(Oc2cccc(Cl)c2)C1. The molecule has 82 valence electrons. The molecule has 0 radical (unpaired) electrons. The van der Waals surface area contributed by atoms with Crippen molar-refractivity contribution < 1.29 is 4.74 Å².